The van der Waals surface area contributed by atoms with E-state index in [1.807, 2.05) is 12.1 Å². The number of hydrogen-bond donors (Lipinski definition) is 2. The van der Waals surface area contributed by atoms with Crippen LogP contribution >= 0.6 is 0 Å². The van der Waals surface area contributed by atoms with Crippen LogP contribution in [0, 0.1) is 0 Å². The maximum absolute atomic E-state index is 13.5. The quantitative estimate of drug-likeness (QED) is 0.398. The standard InChI is InChI=1S/C23H30F2N2O2/c1-4-16(10-9-15(2)23(3,24)25)18(7-5-6-8-21(26)28)20-14-13-19(17-11-12-17)22(29)27-20/h4,9-10,13-14,17-18H,1,5-8,11-12H2,2-3H3,(H2,26,28)(H,27,29)/b15-9+,16-10+/t18-/m1/s1. The number of rotatable bonds is 11. The monoisotopic (exact) mass is 404 g/mol. The lowest BCUT2D eigenvalue weighted by molar-refractivity contribution is -0.118. The first-order valence-electron chi connectivity index (χ1n) is 10.0. The lowest BCUT2D eigenvalue weighted by Gasteiger charge is -2.19. The van der Waals surface area contributed by atoms with Crippen molar-refractivity contribution in [2.75, 3.05) is 0 Å². The third kappa shape index (κ3) is 6.80. The van der Waals surface area contributed by atoms with Crippen molar-refractivity contribution < 1.29 is 13.6 Å². The smallest absolute Gasteiger partial charge is 0.266 e. The first-order chi connectivity index (χ1) is 13.6. The van der Waals surface area contributed by atoms with Crippen LogP contribution in [0.5, 0.6) is 0 Å². The molecular formula is C23H30F2N2O2. The molecule has 0 radical (unpaired) electrons. The molecule has 1 saturated carbocycles. The SMILES string of the molecule is C=C/C(=C\C=C(/C)C(C)(F)F)[C@@H](CCCCC(N)=O)c1ccc(C2CC2)c(=O)[nH]1. The number of aromatic amines is 1. The third-order valence-electron chi connectivity index (χ3n) is 5.38. The molecule has 158 valence electrons. The number of unbranched alkanes of at least 4 members (excludes halogenated alkanes) is 1. The summed E-state index contributed by atoms with van der Waals surface area (Å²) < 4.78 is 27.0. The van der Waals surface area contributed by atoms with E-state index in [4.69, 9.17) is 5.73 Å². The summed E-state index contributed by atoms with van der Waals surface area (Å²) in [6.07, 6.45) is 8.98. The number of pyridine rings is 1. The molecule has 0 aromatic carbocycles. The van der Waals surface area contributed by atoms with E-state index in [0.717, 1.165) is 36.6 Å². The Balaban J connectivity index is 2.32. The minimum Gasteiger partial charge on any atom is -0.370 e. The van der Waals surface area contributed by atoms with Gasteiger partial charge < -0.3 is 10.7 Å². The highest BCUT2D eigenvalue weighted by molar-refractivity contribution is 5.73. The van der Waals surface area contributed by atoms with E-state index in [0.29, 0.717) is 25.2 Å². The Morgan fingerprint density at radius 1 is 1.34 bits per heavy atom. The average Bonchev–Trinajstić information content (AvgIpc) is 3.47. The van der Waals surface area contributed by atoms with Gasteiger partial charge in [0.05, 0.1) is 0 Å². The Bertz CT molecular complexity index is 858. The van der Waals surface area contributed by atoms with Crippen molar-refractivity contribution in [1.29, 1.82) is 0 Å². The minimum absolute atomic E-state index is 0.0538. The number of H-pyrrole nitrogens is 1. The maximum atomic E-state index is 13.5. The summed E-state index contributed by atoms with van der Waals surface area (Å²) >= 11 is 0. The number of carbonyl (C=O) groups is 1. The Labute approximate surface area is 170 Å². The number of hydrogen-bond acceptors (Lipinski definition) is 2. The van der Waals surface area contributed by atoms with E-state index in [-0.39, 0.29) is 29.4 Å². The molecule has 29 heavy (non-hydrogen) atoms. The highest BCUT2D eigenvalue weighted by atomic mass is 19.3. The van der Waals surface area contributed by atoms with Crippen molar-refractivity contribution in [1.82, 2.24) is 4.98 Å². The largest absolute Gasteiger partial charge is 0.370 e. The highest BCUT2D eigenvalue weighted by Gasteiger charge is 2.27. The van der Waals surface area contributed by atoms with Crippen molar-refractivity contribution >= 4 is 5.91 Å². The summed E-state index contributed by atoms with van der Waals surface area (Å²) in [5.41, 5.74) is 7.31. The Kier molecular flexibility index (Phi) is 7.71. The van der Waals surface area contributed by atoms with Crippen molar-refractivity contribution in [3.05, 3.63) is 69.7 Å². The van der Waals surface area contributed by atoms with E-state index < -0.39 is 5.92 Å². The molecule has 1 aliphatic rings. The lowest BCUT2D eigenvalue weighted by Crippen LogP contribution is -2.16. The Morgan fingerprint density at radius 2 is 2.03 bits per heavy atom. The fourth-order valence-electron chi connectivity index (χ4n) is 3.26. The summed E-state index contributed by atoms with van der Waals surface area (Å²) in [6, 6.07) is 3.76. The number of alkyl halides is 2. The molecule has 0 bridgehead atoms. The second-order valence-electron chi connectivity index (χ2n) is 7.85. The molecule has 1 aromatic rings. The van der Waals surface area contributed by atoms with Gasteiger partial charge in [-0.25, -0.2) is 8.78 Å². The molecule has 0 aliphatic heterocycles. The summed E-state index contributed by atoms with van der Waals surface area (Å²) in [6.45, 7) is 6.07. The molecule has 1 aromatic heterocycles. The second kappa shape index (κ2) is 9.81. The van der Waals surface area contributed by atoms with Gasteiger partial charge in [0.2, 0.25) is 5.91 Å². The normalized spacial score (nSPS) is 16.6. The highest BCUT2D eigenvalue weighted by Crippen LogP contribution is 2.38. The van der Waals surface area contributed by atoms with Crippen molar-refractivity contribution in [3.63, 3.8) is 0 Å². The molecule has 0 unspecified atom stereocenters. The zero-order valence-corrected chi connectivity index (χ0v) is 17.1. The molecule has 6 heteroatoms. The van der Waals surface area contributed by atoms with Gasteiger partial charge in [0.15, 0.2) is 0 Å². The molecule has 1 amide bonds. The van der Waals surface area contributed by atoms with Crippen molar-refractivity contribution in [2.45, 2.75) is 70.1 Å². The molecule has 2 rings (SSSR count). The van der Waals surface area contributed by atoms with E-state index in [1.165, 1.54) is 13.0 Å². The fourth-order valence-corrected chi connectivity index (χ4v) is 3.26. The predicted octanol–water partition coefficient (Wildman–Crippen LogP) is 5.10. The van der Waals surface area contributed by atoms with Crippen LogP contribution in [0.4, 0.5) is 8.78 Å². The molecular weight excluding hydrogens is 374 g/mol. The number of primary amides is 1. The van der Waals surface area contributed by atoms with Gasteiger partial charge in [0.1, 0.15) is 0 Å². The maximum Gasteiger partial charge on any atom is 0.266 e. The van der Waals surface area contributed by atoms with Gasteiger partial charge in [-0.1, -0.05) is 37.3 Å². The van der Waals surface area contributed by atoms with Crippen LogP contribution in [0.15, 0.2) is 52.9 Å². The Morgan fingerprint density at radius 3 is 2.55 bits per heavy atom. The third-order valence-corrected chi connectivity index (χ3v) is 5.38. The van der Waals surface area contributed by atoms with Crippen LogP contribution in [0.3, 0.4) is 0 Å². The molecule has 0 spiro atoms. The van der Waals surface area contributed by atoms with Crippen molar-refractivity contribution in [2.24, 2.45) is 5.73 Å². The van der Waals surface area contributed by atoms with Crippen LogP contribution in [0.2, 0.25) is 0 Å². The van der Waals surface area contributed by atoms with Gasteiger partial charge in [-0.05, 0) is 55.7 Å². The van der Waals surface area contributed by atoms with Gasteiger partial charge in [-0.2, -0.15) is 0 Å². The second-order valence-corrected chi connectivity index (χ2v) is 7.85. The van der Waals surface area contributed by atoms with Crippen molar-refractivity contribution in [3.8, 4) is 0 Å². The molecule has 3 N–H and O–H groups in total. The summed E-state index contributed by atoms with van der Waals surface area (Å²) in [4.78, 5) is 26.5. The van der Waals surface area contributed by atoms with E-state index in [1.54, 1.807) is 12.2 Å². The van der Waals surface area contributed by atoms with E-state index >= 15 is 0 Å². The summed E-state index contributed by atoms with van der Waals surface area (Å²) in [5, 5.41) is 0. The molecule has 0 saturated heterocycles. The topological polar surface area (TPSA) is 76.0 Å². The number of carbonyl (C=O) groups excluding carboxylic acids is 1. The molecule has 1 aliphatic carbocycles. The number of amides is 1. The molecule has 4 nitrogen and oxygen atoms in total. The molecule has 1 fully saturated rings. The molecule has 1 heterocycles. The first kappa shape index (κ1) is 22.8. The zero-order valence-electron chi connectivity index (χ0n) is 17.1. The fraction of sp³-hybridized carbons (Fsp3) is 0.478. The number of nitrogens with two attached hydrogens (primary N) is 1. The minimum atomic E-state index is -2.90. The lowest BCUT2D eigenvalue weighted by atomic mass is 9.88. The number of aromatic nitrogens is 1. The summed E-state index contributed by atoms with van der Waals surface area (Å²) in [7, 11) is 0. The number of allylic oxidation sites excluding steroid dienone is 5. The number of nitrogens with one attached hydrogen (secondary N) is 1. The van der Waals surface area contributed by atoms with Crippen LogP contribution in [0.1, 0.15) is 75.5 Å². The van der Waals surface area contributed by atoms with Gasteiger partial charge in [-0.3, -0.25) is 9.59 Å². The van der Waals surface area contributed by atoms with Gasteiger partial charge in [0, 0.05) is 30.5 Å². The zero-order chi connectivity index (χ0) is 21.6. The van der Waals surface area contributed by atoms with Gasteiger partial charge in [-0.15, -0.1) is 0 Å². The van der Waals surface area contributed by atoms with Crippen LogP contribution in [0.25, 0.3) is 0 Å². The summed E-state index contributed by atoms with van der Waals surface area (Å²) in [5.74, 6) is -3.13. The van der Waals surface area contributed by atoms with Gasteiger partial charge >= 0.3 is 0 Å². The number of halogens is 2. The van der Waals surface area contributed by atoms with Crippen LogP contribution in [-0.2, 0) is 4.79 Å². The Hall–Kier alpha value is -2.50. The first-order valence-corrected chi connectivity index (χ1v) is 10.0. The van der Waals surface area contributed by atoms with E-state index in [2.05, 4.69) is 11.6 Å². The van der Waals surface area contributed by atoms with E-state index in [9.17, 15) is 18.4 Å². The van der Waals surface area contributed by atoms with Crippen LogP contribution < -0.4 is 11.3 Å². The van der Waals surface area contributed by atoms with Crippen LogP contribution in [-0.4, -0.2) is 16.8 Å². The molecule has 1 atom stereocenters. The average molecular weight is 405 g/mol. The predicted molar refractivity (Wildman–Crippen MR) is 112 cm³/mol. The van der Waals surface area contributed by atoms with Gasteiger partial charge in [0.25, 0.3) is 11.5 Å².